The Morgan fingerprint density at radius 2 is 2.08 bits per heavy atom. The first-order chi connectivity index (χ1) is 6.36. The summed E-state index contributed by atoms with van der Waals surface area (Å²) in [6.07, 6.45) is 4.97. The molecule has 1 heterocycles. The number of fused-ring (bicyclic) bond motifs is 2. The highest BCUT2D eigenvalue weighted by atomic mass is 127. The van der Waals surface area contributed by atoms with Crippen LogP contribution in [0.4, 0.5) is 0 Å². The molecule has 0 bridgehead atoms. The van der Waals surface area contributed by atoms with Gasteiger partial charge in [0.1, 0.15) is 5.75 Å². The van der Waals surface area contributed by atoms with E-state index >= 15 is 0 Å². The largest absolute Gasteiger partial charge is 0.492 e. The van der Waals surface area contributed by atoms with Crippen molar-refractivity contribution in [2.45, 2.75) is 25.7 Å². The standard InChI is InChI=1S/C11H11IO/c12-10-9-3-1-2-7(9)6-8-4-5-13-11(8)10/h6H,1-5H2. The lowest BCUT2D eigenvalue weighted by molar-refractivity contribution is 0.354. The Kier molecular flexibility index (Phi) is 1.79. The number of rotatable bonds is 0. The topological polar surface area (TPSA) is 9.23 Å². The van der Waals surface area contributed by atoms with Gasteiger partial charge in [-0.2, -0.15) is 0 Å². The molecule has 0 amide bonds. The molecule has 13 heavy (non-hydrogen) atoms. The Bertz CT molecular complexity index is 339. The summed E-state index contributed by atoms with van der Waals surface area (Å²) in [6.45, 7) is 0.883. The van der Waals surface area contributed by atoms with Crippen molar-refractivity contribution in [3.63, 3.8) is 0 Å². The van der Waals surface area contributed by atoms with Crippen molar-refractivity contribution < 1.29 is 4.74 Å². The lowest BCUT2D eigenvalue weighted by atomic mass is 10.0. The van der Waals surface area contributed by atoms with Crippen LogP contribution >= 0.6 is 22.6 Å². The van der Waals surface area contributed by atoms with E-state index in [2.05, 4.69) is 28.7 Å². The van der Waals surface area contributed by atoms with Gasteiger partial charge >= 0.3 is 0 Å². The normalized spacial score (nSPS) is 18.2. The van der Waals surface area contributed by atoms with E-state index in [0.717, 1.165) is 13.0 Å². The van der Waals surface area contributed by atoms with E-state index in [-0.39, 0.29) is 0 Å². The summed E-state index contributed by atoms with van der Waals surface area (Å²) in [5.41, 5.74) is 4.57. The lowest BCUT2D eigenvalue weighted by Gasteiger charge is -2.07. The number of halogens is 1. The molecule has 0 fully saturated rings. The quantitative estimate of drug-likeness (QED) is 0.666. The molecule has 68 valence electrons. The molecule has 3 rings (SSSR count). The van der Waals surface area contributed by atoms with Gasteiger partial charge in [-0.05, 0) is 58.5 Å². The maximum absolute atomic E-state index is 5.65. The number of aryl methyl sites for hydroxylation is 1. The highest BCUT2D eigenvalue weighted by Crippen LogP contribution is 2.38. The molecule has 0 saturated heterocycles. The third-order valence-corrected chi connectivity index (χ3v) is 4.12. The summed E-state index contributed by atoms with van der Waals surface area (Å²) in [5.74, 6) is 1.18. The fourth-order valence-electron chi connectivity index (χ4n) is 2.34. The minimum absolute atomic E-state index is 0.883. The van der Waals surface area contributed by atoms with Crippen molar-refractivity contribution in [2.75, 3.05) is 6.61 Å². The Morgan fingerprint density at radius 1 is 1.15 bits per heavy atom. The van der Waals surface area contributed by atoms with Crippen LogP contribution < -0.4 is 4.74 Å². The van der Waals surface area contributed by atoms with Crippen molar-refractivity contribution in [1.29, 1.82) is 0 Å². The zero-order valence-corrected chi connectivity index (χ0v) is 9.56. The molecule has 0 aromatic heterocycles. The van der Waals surface area contributed by atoms with Crippen LogP contribution in [-0.4, -0.2) is 6.61 Å². The Morgan fingerprint density at radius 3 is 3.00 bits per heavy atom. The molecule has 0 unspecified atom stereocenters. The second-order valence-electron chi connectivity index (χ2n) is 3.77. The summed E-state index contributed by atoms with van der Waals surface area (Å²) in [4.78, 5) is 0. The molecule has 0 N–H and O–H groups in total. The summed E-state index contributed by atoms with van der Waals surface area (Å²) in [7, 11) is 0. The molecular weight excluding hydrogens is 275 g/mol. The van der Waals surface area contributed by atoms with Gasteiger partial charge in [-0.15, -0.1) is 0 Å². The van der Waals surface area contributed by atoms with E-state index < -0.39 is 0 Å². The fraction of sp³-hybridized carbons (Fsp3) is 0.455. The van der Waals surface area contributed by atoms with Gasteiger partial charge in [0.15, 0.2) is 0 Å². The molecule has 1 aliphatic heterocycles. The second-order valence-corrected chi connectivity index (χ2v) is 4.85. The fourth-order valence-corrected chi connectivity index (χ4v) is 3.45. The van der Waals surface area contributed by atoms with Crippen LogP contribution in [0.5, 0.6) is 5.75 Å². The number of benzene rings is 1. The van der Waals surface area contributed by atoms with E-state index in [1.54, 1.807) is 11.1 Å². The molecule has 1 aromatic carbocycles. The van der Waals surface area contributed by atoms with Gasteiger partial charge in [0.2, 0.25) is 0 Å². The van der Waals surface area contributed by atoms with Crippen molar-refractivity contribution in [3.8, 4) is 5.75 Å². The van der Waals surface area contributed by atoms with Crippen LogP contribution in [0.15, 0.2) is 6.07 Å². The molecule has 1 nitrogen and oxygen atoms in total. The highest BCUT2D eigenvalue weighted by molar-refractivity contribution is 14.1. The van der Waals surface area contributed by atoms with Crippen LogP contribution in [0.25, 0.3) is 0 Å². The van der Waals surface area contributed by atoms with Crippen LogP contribution in [0.2, 0.25) is 0 Å². The molecule has 1 aliphatic carbocycles. The number of hydrogen-bond donors (Lipinski definition) is 0. The molecule has 0 saturated carbocycles. The molecule has 2 heteroatoms. The van der Waals surface area contributed by atoms with Gasteiger partial charge in [-0.3, -0.25) is 0 Å². The number of hydrogen-bond acceptors (Lipinski definition) is 1. The minimum atomic E-state index is 0.883. The van der Waals surface area contributed by atoms with Crippen molar-refractivity contribution in [3.05, 3.63) is 26.3 Å². The van der Waals surface area contributed by atoms with E-state index in [9.17, 15) is 0 Å². The van der Waals surface area contributed by atoms with E-state index in [1.807, 2.05) is 0 Å². The van der Waals surface area contributed by atoms with Gasteiger partial charge in [-0.1, -0.05) is 6.07 Å². The van der Waals surface area contributed by atoms with Crippen LogP contribution in [-0.2, 0) is 19.3 Å². The number of ether oxygens (including phenoxy) is 1. The smallest absolute Gasteiger partial charge is 0.136 e. The van der Waals surface area contributed by atoms with Crippen LogP contribution in [0, 0.1) is 3.57 Å². The van der Waals surface area contributed by atoms with Crippen molar-refractivity contribution in [2.24, 2.45) is 0 Å². The summed E-state index contributed by atoms with van der Waals surface area (Å²) in [6, 6.07) is 2.37. The molecule has 0 spiro atoms. The SMILES string of the molecule is Ic1c2c(cc3c1OCC3)CCC2. The Labute approximate surface area is 91.6 Å². The zero-order valence-electron chi connectivity index (χ0n) is 7.40. The Balaban J connectivity index is 2.26. The first-order valence-corrected chi connectivity index (χ1v) is 5.90. The van der Waals surface area contributed by atoms with Gasteiger partial charge in [0.25, 0.3) is 0 Å². The molecule has 1 aromatic rings. The first-order valence-electron chi connectivity index (χ1n) is 4.82. The average molecular weight is 286 g/mol. The van der Waals surface area contributed by atoms with Crippen LogP contribution in [0.3, 0.4) is 0 Å². The molecular formula is C11H11IO. The molecule has 2 aliphatic rings. The van der Waals surface area contributed by atoms with Gasteiger partial charge in [-0.25, -0.2) is 0 Å². The average Bonchev–Trinajstić information content (AvgIpc) is 2.71. The lowest BCUT2D eigenvalue weighted by Crippen LogP contribution is -1.92. The monoisotopic (exact) mass is 286 g/mol. The minimum Gasteiger partial charge on any atom is -0.492 e. The van der Waals surface area contributed by atoms with Gasteiger partial charge < -0.3 is 4.74 Å². The first kappa shape index (κ1) is 8.09. The summed E-state index contributed by atoms with van der Waals surface area (Å²) < 4.78 is 7.04. The third kappa shape index (κ3) is 1.11. The summed E-state index contributed by atoms with van der Waals surface area (Å²) >= 11 is 2.45. The maximum atomic E-state index is 5.65. The van der Waals surface area contributed by atoms with E-state index in [0.29, 0.717) is 0 Å². The molecule has 0 atom stereocenters. The maximum Gasteiger partial charge on any atom is 0.136 e. The van der Waals surface area contributed by atoms with Crippen LogP contribution in [0.1, 0.15) is 23.1 Å². The van der Waals surface area contributed by atoms with E-state index in [1.165, 1.54) is 34.1 Å². The van der Waals surface area contributed by atoms with E-state index in [4.69, 9.17) is 4.74 Å². The Hall–Kier alpha value is -0.250. The summed E-state index contributed by atoms with van der Waals surface area (Å²) in [5, 5.41) is 0. The second kappa shape index (κ2) is 2.87. The predicted octanol–water partition coefficient (Wildman–Crippen LogP) is 2.71. The van der Waals surface area contributed by atoms with Gasteiger partial charge in [0, 0.05) is 6.42 Å². The third-order valence-electron chi connectivity index (χ3n) is 2.98. The molecule has 0 radical (unpaired) electrons. The van der Waals surface area contributed by atoms with Crippen molar-refractivity contribution >= 4 is 22.6 Å². The van der Waals surface area contributed by atoms with Gasteiger partial charge in [0.05, 0.1) is 10.2 Å². The van der Waals surface area contributed by atoms with Crippen molar-refractivity contribution in [1.82, 2.24) is 0 Å². The zero-order chi connectivity index (χ0) is 8.84. The predicted molar refractivity (Wildman–Crippen MR) is 60.4 cm³/mol. The highest BCUT2D eigenvalue weighted by Gasteiger charge is 2.23.